The molecule has 0 radical (unpaired) electrons. The van der Waals surface area contributed by atoms with Gasteiger partial charge in [0.15, 0.2) is 0 Å². The molecule has 2 N–H and O–H groups in total. The number of ether oxygens (including phenoxy) is 1. The Kier molecular flexibility index (Phi) is 7.35. The number of aromatic nitrogens is 2. The number of benzene rings is 3. The van der Waals surface area contributed by atoms with Crippen molar-refractivity contribution in [1.29, 1.82) is 0 Å². The van der Waals surface area contributed by atoms with Gasteiger partial charge >= 0.3 is 0 Å². The Morgan fingerprint density at radius 3 is 2.61 bits per heavy atom. The maximum absolute atomic E-state index is 12.8. The molecule has 36 heavy (non-hydrogen) atoms. The second-order valence-electron chi connectivity index (χ2n) is 8.80. The lowest BCUT2D eigenvalue weighted by Crippen LogP contribution is -2.41. The second-order valence-corrected chi connectivity index (χ2v) is 8.80. The van der Waals surface area contributed by atoms with E-state index in [0.29, 0.717) is 24.2 Å². The Balaban J connectivity index is 1.27. The van der Waals surface area contributed by atoms with E-state index in [1.807, 2.05) is 66.7 Å². The first-order valence-corrected chi connectivity index (χ1v) is 12.2. The number of amides is 2. The number of morpholine rings is 1. The molecule has 0 atom stereocenters. The third kappa shape index (κ3) is 5.79. The summed E-state index contributed by atoms with van der Waals surface area (Å²) in [5, 5.41) is 11.5. The quantitative estimate of drug-likeness (QED) is 0.402. The van der Waals surface area contributed by atoms with E-state index in [1.54, 1.807) is 16.9 Å². The van der Waals surface area contributed by atoms with Crippen LogP contribution in [0.2, 0.25) is 0 Å². The van der Waals surface area contributed by atoms with E-state index >= 15 is 0 Å². The number of anilines is 1. The number of hydrogen-bond acceptors (Lipinski definition) is 5. The Morgan fingerprint density at radius 2 is 1.78 bits per heavy atom. The molecule has 8 heteroatoms. The van der Waals surface area contributed by atoms with E-state index in [4.69, 9.17) is 4.74 Å². The van der Waals surface area contributed by atoms with Crippen molar-refractivity contribution in [3.8, 4) is 5.69 Å². The first kappa shape index (κ1) is 23.7. The fraction of sp³-hybridized carbons (Fsp3) is 0.250. The predicted octanol–water partition coefficient (Wildman–Crippen LogP) is 3.27. The lowest BCUT2D eigenvalue weighted by Gasteiger charge is -2.26. The van der Waals surface area contributed by atoms with E-state index in [1.165, 1.54) is 0 Å². The maximum Gasteiger partial charge on any atom is 0.251 e. The highest BCUT2D eigenvalue weighted by Gasteiger charge is 2.13. The summed E-state index contributed by atoms with van der Waals surface area (Å²) in [4.78, 5) is 27.6. The number of nitrogens with one attached hydrogen (secondary N) is 2. The molecule has 8 nitrogen and oxygen atoms in total. The molecule has 184 valence electrons. The van der Waals surface area contributed by atoms with Crippen molar-refractivity contribution in [1.82, 2.24) is 20.0 Å². The van der Waals surface area contributed by atoms with Crippen LogP contribution in [-0.2, 0) is 16.0 Å². The van der Waals surface area contributed by atoms with E-state index < -0.39 is 0 Å². The zero-order valence-electron chi connectivity index (χ0n) is 20.0. The van der Waals surface area contributed by atoms with Crippen molar-refractivity contribution in [3.05, 3.63) is 90.1 Å². The van der Waals surface area contributed by atoms with Crippen molar-refractivity contribution in [2.75, 3.05) is 44.7 Å². The molecule has 3 aromatic carbocycles. The van der Waals surface area contributed by atoms with Crippen molar-refractivity contribution in [2.24, 2.45) is 0 Å². The van der Waals surface area contributed by atoms with Gasteiger partial charge < -0.3 is 15.4 Å². The SMILES string of the molecule is O=C(Cc1ccccc1)Nc1ccc2cnn(-c3cccc(C(=O)NCCN4CCOCC4)c3)c2c1. The summed E-state index contributed by atoms with van der Waals surface area (Å²) in [5.74, 6) is -0.196. The number of fused-ring (bicyclic) bond motifs is 1. The number of rotatable bonds is 8. The molecular formula is C28H29N5O3. The van der Waals surface area contributed by atoms with Crippen molar-refractivity contribution in [3.63, 3.8) is 0 Å². The third-order valence-electron chi connectivity index (χ3n) is 6.23. The molecule has 0 saturated carbocycles. The van der Waals surface area contributed by atoms with Gasteiger partial charge in [0.25, 0.3) is 5.91 Å². The highest BCUT2D eigenvalue weighted by Crippen LogP contribution is 2.23. The van der Waals surface area contributed by atoms with Gasteiger partial charge in [0.2, 0.25) is 5.91 Å². The Morgan fingerprint density at radius 1 is 0.944 bits per heavy atom. The van der Waals surface area contributed by atoms with Gasteiger partial charge in [-0.05, 0) is 42.0 Å². The van der Waals surface area contributed by atoms with E-state index in [-0.39, 0.29) is 11.8 Å². The summed E-state index contributed by atoms with van der Waals surface area (Å²) in [6, 6.07) is 22.7. The minimum Gasteiger partial charge on any atom is -0.379 e. The molecule has 5 rings (SSSR count). The molecule has 0 spiro atoms. The van der Waals surface area contributed by atoms with Crippen LogP contribution in [0.4, 0.5) is 5.69 Å². The van der Waals surface area contributed by atoms with Crippen LogP contribution in [0.5, 0.6) is 0 Å². The molecule has 0 unspecified atom stereocenters. The molecular weight excluding hydrogens is 454 g/mol. The van der Waals surface area contributed by atoms with Crippen LogP contribution >= 0.6 is 0 Å². The Bertz CT molecular complexity index is 1350. The average molecular weight is 484 g/mol. The lowest BCUT2D eigenvalue weighted by atomic mass is 10.1. The summed E-state index contributed by atoms with van der Waals surface area (Å²) in [7, 11) is 0. The topological polar surface area (TPSA) is 88.5 Å². The Labute approximate surface area is 209 Å². The van der Waals surface area contributed by atoms with Crippen LogP contribution < -0.4 is 10.6 Å². The van der Waals surface area contributed by atoms with Crippen molar-refractivity contribution >= 4 is 28.4 Å². The number of nitrogens with zero attached hydrogens (tertiary/aromatic N) is 3. The summed E-state index contributed by atoms with van der Waals surface area (Å²) >= 11 is 0. The lowest BCUT2D eigenvalue weighted by molar-refractivity contribution is -0.115. The fourth-order valence-corrected chi connectivity index (χ4v) is 4.32. The Hall–Kier alpha value is -4.01. The monoisotopic (exact) mass is 483 g/mol. The number of carbonyl (C=O) groups excluding carboxylic acids is 2. The van der Waals surface area contributed by atoms with E-state index in [0.717, 1.165) is 55.0 Å². The highest BCUT2D eigenvalue weighted by molar-refractivity contribution is 5.96. The minimum absolute atomic E-state index is 0.0811. The number of carbonyl (C=O) groups is 2. The second kappa shape index (κ2) is 11.2. The van der Waals surface area contributed by atoms with Gasteiger partial charge in [-0.3, -0.25) is 14.5 Å². The van der Waals surface area contributed by atoms with Crippen LogP contribution in [0.25, 0.3) is 16.6 Å². The maximum atomic E-state index is 12.8. The predicted molar refractivity (Wildman–Crippen MR) is 139 cm³/mol. The van der Waals surface area contributed by atoms with Gasteiger partial charge in [0, 0.05) is 42.8 Å². The summed E-state index contributed by atoms with van der Waals surface area (Å²) in [6.45, 7) is 4.66. The zero-order chi connectivity index (χ0) is 24.7. The fourth-order valence-electron chi connectivity index (χ4n) is 4.32. The first-order valence-electron chi connectivity index (χ1n) is 12.2. The summed E-state index contributed by atoms with van der Waals surface area (Å²) in [6.07, 6.45) is 2.08. The van der Waals surface area contributed by atoms with Crippen LogP contribution in [0.3, 0.4) is 0 Å². The first-order chi connectivity index (χ1) is 17.7. The van der Waals surface area contributed by atoms with Gasteiger partial charge in [-0.15, -0.1) is 0 Å². The average Bonchev–Trinajstić information content (AvgIpc) is 3.33. The standard InChI is InChI=1S/C28H29N5O3/c34-27(17-21-5-2-1-3-6-21)31-24-10-9-23-20-30-33(26(23)19-24)25-8-4-7-22(18-25)28(35)29-11-12-32-13-15-36-16-14-32/h1-10,18-20H,11-17H2,(H,29,35)(H,31,34). The molecule has 1 fully saturated rings. The van der Waals surface area contributed by atoms with Gasteiger partial charge in [-0.2, -0.15) is 5.10 Å². The van der Waals surface area contributed by atoms with Gasteiger partial charge in [0.05, 0.1) is 37.0 Å². The zero-order valence-corrected chi connectivity index (χ0v) is 20.0. The summed E-state index contributed by atoms with van der Waals surface area (Å²) in [5.41, 5.74) is 3.85. The molecule has 0 bridgehead atoms. The molecule has 4 aromatic rings. The van der Waals surface area contributed by atoms with Crippen LogP contribution in [0.15, 0.2) is 79.0 Å². The molecule has 1 saturated heterocycles. The molecule has 0 aliphatic carbocycles. The van der Waals surface area contributed by atoms with E-state index in [2.05, 4.69) is 20.6 Å². The van der Waals surface area contributed by atoms with Crippen LogP contribution in [-0.4, -0.2) is 65.9 Å². The van der Waals surface area contributed by atoms with Crippen LogP contribution in [0.1, 0.15) is 15.9 Å². The third-order valence-corrected chi connectivity index (χ3v) is 6.23. The number of hydrogen-bond donors (Lipinski definition) is 2. The molecule has 2 heterocycles. The normalized spacial score (nSPS) is 14.0. The highest BCUT2D eigenvalue weighted by atomic mass is 16.5. The molecule has 1 aliphatic rings. The molecule has 2 amide bonds. The van der Waals surface area contributed by atoms with E-state index in [9.17, 15) is 9.59 Å². The molecule has 1 aromatic heterocycles. The van der Waals surface area contributed by atoms with Gasteiger partial charge in [-0.25, -0.2) is 4.68 Å². The summed E-state index contributed by atoms with van der Waals surface area (Å²) < 4.78 is 7.15. The van der Waals surface area contributed by atoms with Crippen molar-refractivity contribution in [2.45, 2.75) is 6.42 Å². The van der Waals surface area contributed by atoms with Gasteiger partial charge in [-0.1, -0.05) is 36.4 Å². The largest absolute Gasteiger partial charge is 0.379 e. The molecule has 1 aliphatic heterocycles. The van der Waals surface area contributed by atoms with Crippen molar-refractivity contribution < 1.29 is 14.3 Å². The van der Waals surface area contributed by atoms with Gasteiger partial charge in [0.1, 0.15) is 0 Å². The van der Waals surface area contributed by atoms with Crippen LogP contribution in [0, 0.1) is 0 Å². The smallest absolute Gasteiger partial charge is 0.251 e. The minimum atomic E-state index is -0.115.